The zero-order valence-electron chi connectivity index (χ0n) is 15.7. The molecule has 2 N–H and O–H groups in total. The van der Waals surface area contributed by atoms with Crippen molar-refractivity contribution in [1.82, 2.24) is 0 Å². The van der Waals surface area contributed by atoms with Crippen molar-refractivity contribution < 1.29 is 32.2 Å². The first-order valence-corrected chi connectivity index (χ1v) is 11.3. The molecule has 0 saturated heterocycles. The number of alkyl halides is 3. The lowest BCUT2D eigenvalue weighted by atomic mass is 9.91. The summed E-state index contributed by atoms with van der Waals surface area (Å²) in [5.74, 6) is 1.05. The van der Waals surface area contributed by atoms with E-state index in [1.807, 2.05) is 20.8 Å². The van der Waals surface area contributed by atoms with E-state index in [4.69, 9.17) is 9.26 Å². The van der Waals surface area contributed by atoms with E-state index in [1.165, 1.54) is 18.2 Å². The Morgan fingerprint density at radius 3 is 2.07 bits per heavy atom. The molecule has 4 nitrogen and oxygen atoms in total. The van der Waals surface area contributed by atoms with E-state index in [9.17, 15) is 23.0 Å². The van der Waals surface area contributed by atoms with Crippen molar-refractivity contribution in [3.05, 3.63) is 53.1 Å². The minimum absolute atomic E-state index is 0.0400. The number of rotatable bonds is 7. The van der Waals surface area contributed by atoms with Gasteiger partial charge in [-0.05, 0) is 55.2 Å². The Morgan fingerprint density at radius 2 is 1.61 bits per heavy atom. The molecule has 0 heterocycles. The summed E-state index contributed by atoms with van der Waals surface area (Å²) in [6.45, 7) is 1.95. The second-order valence-electron chi connectivity index (χ2n) is 6.32. The molecule has 0 aliphatic rings. The fraction of sp³-hybridized carbons (Fsp3) is 0.368. The topological polar surface area (TPSA) is 58.9 Å². The van der Waals surface area contributed by atoms with E-state index < -0.39 is 18.5 Å². The molecule has 0 saturated carbocycles. The van der Waals surface area contributed by atoms with Crippen LogP contribution in [0.1, 0.15) is 49.8 Å². The van der Waals surface area contributed by atoms with E-state index in [2.05, 4.69) is 11.8 Å². The number of ether oxygens (including phenoxy) is 1. The summed E-state index contributed by atoms with van der Waals surface area (Å²) in [7, 11) is 0. The molecule has 0 aliphatic heterocycles. The first-order chi connectivity index (χ1) is 13.0. The van der Waals surface area contributed by atoms with Crippen LogP contribution in [-0.2, 0) is 24.4 Å². The van der Waals surface area contributed by atoms with Gasteiger partial charge < -0.3 is 19.0 Å². The molecule has 28 heavy (non-hydrogen) atoms. The Balaban J connectivity index is 2.47. The highest BCUT2D eigenvalue weighted by Gasteiger charge is 2.30. The van der Waals surface area contributed by atoms with Crippen LogP contribution in [0.25, 0.3) is 0 Å². The highest BCUT2D eigenvalue weighted by Crippen LogP contribution is 2.45. The quantitative estimate of drug-likeness (QED) is 0.511. The van der Waals surface area contributed by atoms with Crippen LogP contribution < -0.4 is 9.26 Å². The van der Waals surface area contributed by atoms with Crippen LogP contribution in [0.15, 0.2) is 36.4 Å². The number of benzene rings is 2. The van der Waals surface area contributed by atoms with Gasteiger partial charge in [0.2, 0.25) is 0 Å². The molecule has 1 atom stereocenters. The lowest BCUT2D eigenvalue weighted by Crippen LogP contribution is -2.05. The molecule has 0 amide bonds. The number of hydrogen-bond acceptors (Lipinski definition) is 3. The standard InChI is InChI=1S/C19H22F3O4PS/c1-4-12(3)18-15(5-2)16(26-27(23,24)28)10-11-17(18)25-14-8-6-13(7-9-14)19(20,21)22/h6-12H,4-5H2,1-3H3,(H2,23,24,28)/t12-/m0/s1. The van der Waals surface area contributed by atoms with Gasteiger partial charge in [0.05, 0.1) is 5.56 Å². The predicted molar refractivity (Wildman–Crippen MR) is 105 cm³/mol. The summed E-state index contributed by atoms with van der Waals surface area (Å²) < 4.78 is 49.3. The third-order valence-electron chi connectivity index (χ3n) is 4.36. The maximum absolute atomic E-state index is 12.7. The number of halogens is 3. The van der Waals surface area contributed by atoms with Crippen LogP contribution >= 0.6 is 6.72 Å². The summed E-state index contributed by atoms with van der Waals surface area (Å²) in [6, 6.07) is 7.57. The fourth-order valence-electron chi connectivity index (χ4n) is 2.87. The van der Waals surface area contributed by atoms with Crippen LogP contribution in [0, 0.1) is 0 Å². The summed E-state index contributed by atoms with van der Waals surface area (Å²) in [5.41, 5.74) is 0.763. The van der Waals surface area contributed by atoms with E-state index >= 15 is 0 Å². The van der Waals surface area contributed by atoms with Gasteiger partial charge in [-0.3, -0.25) is 0 Å². The van der Waals surface area contributed by atoms with Gasteiger partial charge in [0.25, 0.3) is 0 Å². The average Bonchev–Trinajstić information content (AvgIpc) is 2.60. The SMILES string of the molecule is CCc1c(OP(O)(O)=S)ccc(Oc2ccc(C(F)(F)F)cc2)c1[C@@H](C)CC. The molecule has 2 aromatic rings. The van der Waals surface area contributed by atoms with Gasteiger partial charge in [-0.1, -0.05) is 20.8 Å². The Kier molecular flexibility index (Phi) is 7.15. The van der Waals surface area contributed by atoms with Gasteiger partial charge in [-0.15, -0.1) is 0 Å². The first kappa shape index (κ1) is 22.7. The second kappa shape index (κ2) is 8.82. The van der Waals surface area contributed by atoms with E-state index in [-0.39, 0.29) is 17.4 Å². The van der Waals surface area contributed by atoms with Crippen molar-refractivity contribution >= 4 is 18.5 Å². The zero-order valence-corrected chi connectivity index (χ0v) is 17.4. The normalized spacial score (nSPS) is 13.3. The van der Waals surface area contributed by atoms with Crippen LogP contribution in [-0.4, -0.2) is 9.79 Å². The Labute approximate surface area is 167 Å². The van der Waals surface area contributed by atoms with E-state index in [1.54, 1.807) is 6.07 Å². The monoisotopic (exact) mass is 434 g/mol. The van der Waals surface area contributed by atoms with E-state index in [0.717, 1.165) is 29.7 Å². The lowest BCUT2D eigenvalue weighted by Gasteiger charge is -2.23. The van der Waals surface area contributed by atoms with Gasteiger partial charge in [-0.25, -0.2) is 0 Å². The molecule has 0 unspecified atom stereocenters. The summed E-state index contributed by atoms with van der Waals surface area (Å²) in [5, 5.41) is 0. The molecule has 9 heteroatoms. The van der Waals surface area contributed by atoms with E-state index in [0.29, 0.717) is 12.2 Å². The van der Waals surface area contributed by atoms with Crippen molar-refractivity contribution in [1.29, 1.82) is 0 Å². The predicted octanol–water partition coefficient (Wildman–Crippen LogP) is 6.16. The molecule has 0 radical (unpaired) electrons. The highest BCUT2D eigenvalue weighted by molar-refractivity contribution is 8.06. The van der Waals surface area contributed by atoms with Crippen LogP contribution in [0.3, 0.4) is 0 Å². The van der Waals surface area contributed by atoms with Crippen LogP contribution in [0.2, 0.25) is 0 Å². The smallest absolute Gasteiger partial charge is 0.416 e. The Morgan fingerprint density at radius 1 is 1.04 bits per heavy atom. The van der Waals surface area contributed by atoms with Gasteiger partial charge >= 0.3 is 12.9 Å². The third kappa shape index (κ3) is 5.70. The van der Waals surface area contributed by atoms with Gasteiger partial charge in [-0.2, -0.15) is 13.2 Å². The average molecular weight is 434 g/mol. The summed E-state index contributed by atoms with van der Waals surface area (Å²) >= 11 is 4.57. The van der Waals surface area contributed by atoms with Gasteiger partial charge in [0, 0.05) is 22.9 Å². The molecule has 2 aromatic carbocycles. The van der Waals surface area contributed by atoms with Crippen molar-refractivity contribution in [3.63, 3.8) is 0 Å². The van der Waals surface area contributed by atoms with Crippen molar-refractivity contribution in [2.45, 2.75) is 45.7 Å². The maximum atomic E-state index is 12.7. The van der Waals surface area contributed by atoms with Crippen molar-refractivity contribution in [2.24, 2.45) is 0 Å². The molecule has 2 rings (SSSR count). The molecule has 0 aliphatic carbocycles. The van der Waals surface area contributed by atoms with Crippen LogP contribution in [0.5, 0.6) is 17.2 Å². The minimum atomic E-state index is -4.41. The van der Waals surface area contributed by atoms with Crippen molar-refractivity contribution in [2.75, 3.05) is 0 Å². The molecule has 0 spiro atoms. The van der Waals surface area contributed by atoms with Crippen LogP contribution in [0.4, 0.5) is 13.2 Å². The molecular weight excluding hydrogens is 412 g/mol. The summed E-state index contributed by atoms with van der Waals surface area (Å²) in [4.78, 5) is 19.0. The van der Waals surface area contributed by atoms with Gasteiger partial charge in [0.15, 0.2) is 0 Å². The Hall–Kier alpha value is -1.60. The molecule has 0 bridgehead atoms. The Bertz CT molecular complexity index is 863. The maximum Gasteiger partial charge on any atom is 0.416 e. The molecule has 0 aromatic heterocycles. The molecular formula is C19H22F3O4PS. The molecule has 154 valence electrons. The van der Waals surface area contributed by atoms with Gasteiger partial charge in [0.1, 0.15) is 17.2 Å². The second-order valence-corrected chi connectivity index (χ2v) is 8.91. The number of hydrogen-bond donors (Lipinski definition) is 2. The lowest BCUT2D eigenvalue weighted by molar-refractivity contribution is -0.137. The third-order valence-corrected chi connectivity index (χ3v) is 5.02. The fourth-order valence-corrected chi connectivity index (χ4v) is 3.54. The largest absolute Gasteiger partial charge is 0.457 e. The minimum Gasteiger partial charge on any atom is -0.457 e. The summed E-state index contributed by atoms with van der Waals surface area (Å²) in [6.07, 6.45) is -3.12. The highest BCUT2D eigenvalue weighted by atomic mass is 32.5. The first-order valence-electron chi connectivity index (χ1n) is 8.72. The van der Waals surface area contributed by atoms with Crippen molar-refractivity contribution in [3.8, 4) is 17.2 Å². The zero-order chi connectivity index (χ0) is 21.1. The molecule has 0 fully saturated rings.